The number of ketones is 1. The summed E-state index contributed by atoms with van der Waals surface area (Å²) < 4.78 is 25.5. The minimum absolute atomic E-state index is 0.0889. The Hall–Kier alpha value is -1.24. The Morgan fingerprint density at radius 1 is 1.25 bits per heavy atom. The highest BCUT2D eigenvalue weighted by molar-refractivity contribution is 7.86. The quantitative estimate of drug-likeness (QED) is 0.731. The first-order valence-electron chi connectivity index (χ1n) is 4.70. The van der Waals surface area contributed by atoms with Gasteiger partial charge >= 0.3 is 0 Å². The van der Waals surface area contributed by atoms with Gasteiger partial charge in [-0.15, -0.1) is 0 Å². The molecule has 1 rings (SSSR count). The van der Waals surface area contributed by atoms with Crippen molar-refractivity contribution in [2.45, 2.75) is 12.8 Å². The zero-order chi connectivity index (χ0) is 12.0. The fraction of sp³-hybridized carbons (Fsp3) is 0.300. The summed E-state index contributed by atoms with van der Waals surface area (Å²) in [6.07, 6.45) is 0.134. The van der Waals surface area contributed by atoms with Crippen LogP contribution in [0.2, 0.25) is 0 Å². The number of Topliss-reactive ketones (excluding diaryl/α,β-unsaturated/α-hetero) is 1. The third-order valence-electron chi connectivity index (χ3n) is 2.02. The second-order valence-electron chi connectivity index (χ2n) is 3.31. The van der Waals surface area contributed by atoms with Crippen molar-refractivity contribution in [2.24, 2.45) is 5.90 Å². The Kier molecular flexibility index (Phi) is 4.60. The predicted molar refractivity (Wildman–Crippen MR) is 58.8 cm³/mol. The van der Waals surface area contributed by atoms with Gasteiger partial charge in [0.1, 0.15) is 5.78 Å². The smallest absolute Gasteiger partial charge is 0.283 e. The van der Waals surface area contributed by atoms with Gasteiger partial charge in [0.15, 0.2) is 0 Å². The van der Waals surface area contributed by atoms with Gasteiger partial charge < -0.3 is 0 Å². The van der Waals surface area contributed by atoms with Crippen molar-refractivity contribution < 1.29 is 17.5 Å². The van der Waals surface area contributed by atoms with E-state index >= 15 is 0 Å². The maximum Gasteiger partial charge on any atom is 0.283 e. The van der Waals surface area contributed by atoms with Crippen LogP contribution in [0.15, 0.2) is 30.3 Å². The van der Waals surface area contributed by atoms with Crippen molar-refractivity contribution in [3.63, 3.8) is 0 Å². The highest BCUT2D eigenvalue weighted by atomic mass is 32.2. The molecule has 0 aliphatic rings. The van der Waals surface area contributed by atoms with E-state index in [1.807, 2.05) is 30.3 Å². The van der Waals surface area contributed by atoms with Crippen LogP contribution in [0.4, 0.5) is 0 Å². The molecule has 5 nitrogen and oxygen atoms in total. The zero-order valence-corrected chi connectivity index (χ0v) is 9.44. The van der Waals surface area contributed by atoms with Gasteiger partial charge in [0.25, 0.3) is 10.1 Å². The topological polar surface area (TPSA) is 86.5 Å². The molecule has 0 radical (unpaired) electrons. The van der Waals surface area contributed by atoms with Crippen molar-refractivity contribution in [3.05, 3.63) is 35.9 Å². The molecule has 16 heavy (non-hydrogen) atoms. The average molecular weight is 243 g/mol. The molecule has 1 aromatic rings. The predicted octanol–water partition coefficient (Wildman–Crippen LogP) is 0.408. The number of rotatable bonds is 6. The Morgan fingerprint density at radius 3 is 2.44 bits per heavy atom. The van der Waals surface area contributed by atoms with Crippen LogP contribution < -0.4 is 5.90 Å². The molecule has 6 heteroatoms. The van der Waals surface area contributed by atoms with Gasteiger partial charge in [0.05, 0.1) is 5.75 Å². The zero-order valence-electron chi connectivity index (χ0n) is 8.63. The Morgan fingerprint density at radius 2 is 1.88 bits per heavy atom. The lowest BCUT2D eigenvalue weighted by atomic mass is 10.1. The second-order valence-corrected chi connectivity index (χ2v) is 5.03. The van der Waals surface area contributed by atoms with E-state index < -0.39 is 10.1 Å². The number of nitrogens with two attached hydrogens (primary N) is 1. The summed E-state index contributed by atoms with van der Waals surface area (Å²) in [6.45, 7) is 0. The fourth-order valence-corrected chi connectivity index (χ4v) is 1.77. The van der Waals surface area contributed by atoms with Gasteiger partial charge in [0, 0.05) is 12.8 Å². The molecule has 0 saturated carbocycles. The molecule has 0 heterocycles. The lowest BCUT2D eigenvalue weighted by Crippen LogP contribution is -2.18. The van der Waals surface area contributed by atoms with E-state index in [1.165, 1.54) is 0 Å². The molecule has 0 fully saturated rings. The van der Waals surface area contributed by atoms with Gasteiger partial charge in [0.2, 0.25) is 0 Å². The minimum atomic E-state index is -3.75. The Balaban J connectivity index is 2.44. The first kappa shape index (κ1) is 12.8. The third-order valence-corrected chi connectivity index (χ3v) is 3.02. The summed E-state index contributed by atoms with van der Waals surface area (Å²) in [4.78, 5) is 11.4. The van der Waals surface area contributed by atoms with E-state index in [9.17, 15) is 13.2 Å². The molecule has 1 aromatic carbocycles. The monoisotopic (exact) mass is 243 g/mol. The van der Waals surface area contributed by atoms with E-state index in [0.29, 0.717) is 0 Å². The number of benzene rings is 1. The summed E-state index contributed by atoms with van der Waals surface area (Å²) in [5.74, 6) is 4.01. The van der Waals surface area contributed by atoms with Crippen molar-refractivity contribution in [1.82, 2.24) is 0 Å². The van der Waals surface area contributed by atoms with Crippen LogP contribution in [0, 0.1) is 0 Å². The fourth-order valence-electron chi connectivity index (χ4n) is 1.20. The van der Waals surface area contributed by atoms with Crippen molar-refractivity contribution in [3.8, 4) is 0 Å². The standard InChI is InChI=1S/C10H13NO4S/c11-15-16(13,14)7-6-10(12)8-9-4-2-1-3-5-9/h1-5H,6-8,11H2. The van der Waals surface area contributed by atoms with Crippen LogP contribution >= 0.6 is 0 Å². The maximum atomic E-state index is 11.4. The molecule has 0 unspecified atom stereocenters. The summed E-state index contributed by atoms with van der Waals surface area (Å²) in [7, 11) is -3.75. The number of hydrogen-bond donors (Lipinski definition) is 1. The maximum absolute atomic E-state index is 11.4. The molecule has 0 aromatic heterocycles. The first-order valence-corrected chi connectivity index (χ1v) is 6.28. The van der Waals surface area contributed by atoms with Crippen molar-refractivity contribution >= 4 is 15.9 Å². The Labute approximate surface area is 94.3 Å². The summed E-state index contributed by atoms with van der Waals surface area (Å²) >= 11 is 0. The summed E-state index contributed by atoms with van der Waals surface area (Å²) in [6, 6.07) is 9.11. The number of carbonyl (C=O) groups excluding carboxylic acids is 1. The molecule has 0 amide bonds. The molecular formula is C10H13NO4S. The number of carbonyl (C=O) groups is 1. The largest absolute Gasteiger partial charge is 0.299 e. The van der Waals surface area contributed by atoms with E-state index in [2.05, 4.69) is 10.2 Å². The molecule has 0 saturated heterocycles. The van der Waals surface area contributed by atoms with Crippen molar-refractivity contribution in [2.75, 3.05) is 5.75 Å². The van der Waals surface area contributed by atoms with Crippen LogP contribution in [0.5, 0.6) is 0 Å². The molecule has 2 N–H and O–H groups in total. The lowest BCUT2D eigenvalue weighted by Gasteiger charge is -2.01. The van der Waals surface area contributed by atoms with Crippen LogP contribution in [0.1, 0.15) is 12.0 Å². The first-order chi connectivity index (χ1) is 7.53. The van der Waals surface area contributed by atoms with Gasteiger partial charge in [-0.1, -0.05) is 30.3 Å². The molecule has 0 aliphatic heterocycles. The van der Waals surface area contributed by atoms with Gasteiger partial charge in [-0.3, -0.25) is 4.79 Å². The van der Waals surface area contributed by atoms with Crippen LogP contribution in [-0.4, -0.2) is 20.0 Å². The van der Waals surface area contributed by atoms with Crippen LogP contribution in [0.3, 0.4) is 0 Å². The van der Waals surface area contributed by atoms with Crippen LogP contribution in [0.25, 0.3) is 0 Å². The minimum Gasteiger partial charge on any atom is -0.299 e. The highest BCUT2D eigenvalue weighted by Crippen LogP contribution is 2.03. The molecular weight excluding hydrogens is 230 g/mol. The lowest BCUT2D eigenvalue weighted by molar-refractivity contribution is -0.118. The molecule has 0 bridgehead atoms. The highest BCUT2D eigenvalue weighted by Gasteiger charge is 2.13. The molecule has 0 aliphatic carbocycles. The van der Waals surface area contributed by atoms with Gasteiger partial charge in [-0.2, -0.15) is 18.6 Å². The van der Waals surface area contributed by atoms with Gasteiger partial charge in [-0.25, -0.2) is 0 Å². The third kappa shape index (κ3) is 4.52. The summed E-state index contributed by atoms with van der Waals surface area (Å²) in [5, 5.41) is 0. The number of hydrogen-bond acceptors (Lipinski definition) is 5. The SMILES string of the molecule is NOS(=O)(=O)CCC(=O)Cc1ccccc1. The second kappa shape index (κ2) is 5.74. The normalized spacial score (nSPS) is 11.3. The van der Waals surface area contributed by atoms with E-state index in [0.717, 1.165) is 5.56 Å². The molecule has 88 valence electrons. The van der Waals surface area contributed by atoms with E-state index in [-0.39, 0.29) is 24.4 Å². The van der Waals surface area contributed by atoms with Crippen molar-refractivity contribution in [1.29, 1.82) is 0 Å². The molecule has 0 atom stereocenters. The Bertz CT molecular complexity index is 441. The van der Waals surface area contributed by atoms with E-state index in [1.54, 1.807) is 0 Å². The van der Waals surface area contributed by atoms with Crippen LogP contribution in [-0.2, 0) is 25.6 Å². The van der Waals surface area contributed by atoms with E-state index in [4.69, 9.17) is 0 Å². The average Bonchev–Trinajstić information content (AvgIpc) is 2.28. The molecule has 0 spiro atoms. The van der Waals surface area contributed by atoms with Gasteiger partial charge in [-0.05, 0) is 5.56 Å². The summed E-state index contributed by atoms with van der Waals surface area (Å²) in [5.41, 5.74) is 0.860.